The number of aryl methyl sites for hydroxylation is 1. The Labute approximate surface area is 113 Å². The predicted octanol–water partition coefficient (Wildman–Crippen LogP) is -0.00330. The fourth-order valence-corrected chi connectivity index (χ4v) is 2.41. The number of amides is 1. The monoisotopic (exact) mass is 266 g/mol. The molecule has 1 saturated heterocycles. The average molecular weight is 266 g/mol. The molecule has 1 amide bonds. The number of hydrogen-bond acceptors (Lipinski definition) is 4. The molecular weight excluding hydrogens is 244 g/mol. The summed E-state index contributed by atoms with van der Waals surface area (Å²) in [6.07, 6.45) is 6.89. The van der Waals surface area contributed by atoms with Crippen LogP contribution in [0.2, 0.25) is 0 Å². The molecule has 19 heavy (non-hydrogen) atoms. The van der Waals surface area contributed by atoms with Gasteiger partial charge in [-0.2, -0.15) is 5.10 Å². The van der Waals surface area contributed by atoms with Crippen molar-refractivity contribution in [2.24, 2.45) is 7.05 Å². The molecule has 6 heteroatoms. The van der Waals surface area contributed by atoms with Gasteiger partial charge in [0.2, 0.25) is 0 Å². The van der Waals surface area contributed by atoms with Crippen molar-refractivity contribution in [1.82, 2.24) is 20.0 Å². The number of likely N-dealkylation sites (tertiary alicyclic amines) is 1. The molecule has 0 aliphatic carbocycles. The Hall–Kier alpha value is -1.40. The minimum Gasteiger partial charge on any atom is -0.394 e. The van der Waals surface area contributed by atoms with Gasteiger partial charge in [0.15, 0.2) is 0 Å². The Kier molecular flexibility index (Phi) is 4.93. The van der Waals surface area contributed by atoms with Crippen LogP contribution >= 0.6 is 0 Å². The van der Waals surface area contributed by atoms with Gasteiger partial charge in [0.1, 0.15) is 0 Å². The van der Waals surface area contributed by atoms with Gasteiger partial charge < -0.3 is 15.3 Å². The number of nitrogens with one attached hydrogen (secondary N) is 1. The zero-order chi connectivity index (χ0) is 13.7. The number of aliphatic hydroxyl groups excluding tert-OH is 1. The fraction of sp³-hybridized carbons (Fsp3) is 0.692. The second kappa shape index (κ2) is 6.68. The van der Waals surface area contributed by atoms with Crippen molar-refractivity contribution in [3.8, 4) is 0 Å². The van der Waals surface area contributed by atoms with Crippen LogP contribution < -0.4 is 5.32 Å². The minimum atomic E-state index is -0.217. The third-order valence-corrected chi connectivity index (χ3v) is 3.45. The molecule has 1 aliphatic rings. The molecule has 0 spiro atoms. The van der Waals surface area contributed by atoms with Crippen LogP contribution in [0.5, 0.6) is 0 Å². The van der Waals surface area contributed by atoms with Crippen LogP contribution in [-0.4, -0.2) is 58.0 Å². The molecule has 1 fully saturated rings. The molecular formula is C13H22N4O2. The SMILES string of the molecule is Cn1cc(C(=O)NC(CO)CN2CCCCC2)cn1. The molecule has 0 aromatic carbocycles. The van der Waals surface area contributed by atoms with Crippen molar-refractivity contribution in [2.75, 3.05) is 26.2 Å². The molecule has 106 valence electrons. The number of nitrogens with zero attached hydrogens (tertiary/aromatic N) is 3. The maximum absolute atomic E-state index is 12.0. The Morgan fingerprint density at radius 2 is 2.21 bits per heavy atom. The average Bonchev–Trinajstić information content (AvgIpc) is 2.86. The van der Waals surface area contributed by atoms with Crippen molar-refractivity contribution >= 4 is 5.91 Å². The highest BCUT2D eigenvalue weighted by atomic mass is 16.3. The van der Waals surface area contributed by atoms with Crippen LogP contribution in [0.4, 0.5) is 0 Å². The number of aromatic nitrogens is 2. The molecule has 0 saturated carbocycles. The Morgan fingerprint density at radius 3 is 2.79 bits per heavy atom. The maximum atomic E-state index is 12.0. The lowest BCUT2D eigenvalue weighted by Crippen LogP contribution is -2.47. The summed E-state index contributed by atoms with van der Waals surface area (Å²) in [6, 6.07) is -0.217. The molecule has 6 nitrogen and oxygen atoms in total. The molecule has 1 aliphatic heterocycles. The van der Waals surface area contributed by atoms with E-state index < -0.39 is 0 Å². The summed E-state index contributed by atoms with van der Waals surface area (Å²) in [5, 5.41) is 16.2. The fourth-order valence-electron chi connectivity index (χ4n) is 2.41. The molecule has 2 N–H and O–H groups in total. The molecule has 1 aromatic heterocycles. The van der Waals surface area contributed by atoms with Gasteiger partial charge in [0.25, 0.3) is 5.91 Å². The number of piperidine rings is 1. The van der Waals surface area contributed by atoms with E-state index in [4.69, 9.17) is 0 Å². The lowest BCUT2D eigenvalue weighted by Gasteiger charge is -2.30. The quantitative estimate of drug-likeness (QED) is 0.787. The second-order valence-corrected chi connectivity index (χ2v) is 5.12. The minimum absolute atomic E-state index is 0.0392. The summed E-state index contributed by atoms with van der Waals surface area (Å²) in [5.41, 5.74) is 0.527. The molecule has 2 rings (SSSR count). The van der Waals surface area contributed by atoms with Gasteiger partial charge in [0, 0.05) is 19.8 Å². The van der Waals surface area contributed by atoms with Gasteiger partial charge in [-0.15, -0.1) is 0 Å². The highest BCUT2D eigenvalue weighted by Gasteiger charge is 2.18. The molecule has 0 radical (unpaired) electrons. The van der Waals surface area contributed by atoms with Crippen molar-refractivity contribution in [3.05, 3.63) is 18.0 Å². The number of rotatable bonds is 5. The van der Waals surface area contributed by atoms with E-state index in [1.54, 1.807) is 17.9 Å². The van der Waals surface area contributed by atoms with Gasteiger partial charge in [-0.1, -0.05) is 6.42 Å². The first-order valence-corrected chi connectivity index (χ1v) is 6.82. The normalized spacial score (nSPS) is 18.2. The van der Waals surface area contributed by atoms with E-state index in [2.05, 4.69) is 15.3 Å². The van der Waals surface area contributed by atoms with Crippen LogP contribution in [0.15, 0.2) is 12.4 Å². The van der Waals surface area contributed by atoms with E-state index in [1.807, 2.05) is 0 Å². The molecule has 1 atom stereocenters. The molecule has 2 heterocycles. The van der Waals surface area contributed by atoms with Crippen LogP contribution in [0.1, 0.15) is 29.6 Å². The van der Waals surface area contributed by atoms with E-state index in [-0.39, 0.29) is 18.6 Å². The lowest BCUT2D eigenvalue weighted by atomic mass is 10.1. The molecule has 0 bridgehead atoms. The van der Waals surface area contributed by atoms with E-state index in [0.717, 1.165) is 13.1 Å². The Morgan fingerprint density at radius 1 is 1.47 bits per heavy atom. The van der Waals surface area contributed by atoms with Gasteiger partial charge in [-0.3, -0.25) is 9.48 Å². The summed E-state index contributed by atoms with van der Waals surface area (Å²) >= 11 is 0. The number of aliphatic hydroxyl groups is 1. The lowest BCUT2D eigenvalue weighted by molar-refractivity contribution is 0.0886. The first-order valence-electron chi connectivity index (χ1n) is 6.82. The standard InChI is InChI=1S/C13H22N4O2/c1-16-8-11(7-14-16)13(19)15-12(10-18)9-17-5-3-2-4-6-17/h7-8,12,18H,2-6,9-10H2,1H3,(H,15,19). The zero-order valence-corrected chi connectivity index (χ0v) is 11.4. The Bertz CT molecular complexity index is 413. The van der Waals surface area contributed by atoms with Crippen LogP contribution in [0.25, 0.3) is 0 Å². The summed E-state index contributed by atoms with van der Waals surface area (Å²) in [6.45, 7) is 2.78. The van der Waals surface area contributed by atoms with E-state index in [9.17, 15) is 9.90 Å². The maximum Gasteiger partial charge on any atom is 0.254 e. The zero-order valence-electron chi connectivity index (χ0n) is 11.4. The first kappa shape index (κ1) is 14.0. The highest BCUT2D eigenvalue weighted by molar-refractivity contribution is 5.93. The number of hydrogen-bond donors (Lipinski definition) is 2. The largest absolute Gasteiger partial charge is 0.394 e. The third-order valence-electron chi connectivity index (χ3n) is 3.45. The van der Waals surface area contributed by atoms with Gasteiger partial charge in [0.05, 0.1) is 24.4 Å². The van der Waals surface area contributed by atoms with E-state index >= 15 is 0 Å². The second-order valence-electron chi connectivity index (χ2n) is 5.12. The van der Waals surface area contributed by atoms with Crippen molar-refractivity contribution < 1.29 is 9.90 Å². The topological polar surface area (TPSA) is 70.4 Å². The van der Waals surface area contributed by atoms with E-state index in [1.165, 1.54) is 25.5 Å². The van der Waals surface area contributed by atoms with Crippen LogP contribution in [-0.2, 0) is 7.05 Å². The summed E-state index contributed by atoms with van der Waals surface area (Å²) in [4.78, 5) is 14.3. The van der Waals surface area contributed by atoms with Gasteiger partial charge >= 0.3 is 0 Å². The smallest absolute Gasteiger partial charge is 0.254 e. The third kappa shape index (κ3) is 4.04. The van der Waals surface area contributed by atoms with Crippen molar-refractivity contribution in [2.45, 2.75) is 25.3 Å². The van der Waals surface area contributed by atoms with Crippen molar-refractivity contribution in [3.63, 3.8) is 0 Å². The summed E-state index contributed by atoms with van der Waals surface area (Å²) in [5.74, 6) is -0.177. The number of carbonyl (C=O) groups is 1. The molecule has 1 aromatic rings. The van der Waals surface area contributed by atoms with E-state index in [0.29, 0.717) is 12.1 Å². The van der Waals surface area contributed by atoms with Gasteiger partial charge in [-0.25, -0.2) is 0 Å². The van der Waals surface area contributed by atoms with Crippen molar-refractivity contribution in [1.29, 1.82) is 0 Å². The Balaban J connectivity index is 1.85. The van der Waals surface area contributed by atoms with Crippen LogP contribution in [0.3, 0.4) is 0 Å². The number of carbonyl (C=O) groups excluding carboxylic acids is 1. The van der Waals surface area contributed by atoms with Gasteiger partial charge in [-0.05, 0) is 25.9 Å². The first-order chi connectivity index (χ1) is 9.19. The predicted molar refractivity (Wildman–Crippen MR) is 71.8 cm³/mol. The van der Waals surface area contributed by atoms with Crippen LogP contribution in [0, 0.1) is 0 Å². The summed E-state index contributed by atoms with van der Waals surface area (Å²) in [7, 11) is 1.77. The molecule has 1 unspecified atom stereocenters. The summed E-state index contributed by atoms with van der Waals surface area (Å²) < 4.78 is 1.59. The highest BCUT2D eigenvalue weighted by Crippen LogP contribution is 2.09.